The third-order valence-electron chi connectivity index (χ3n) is 3.21. The van der Waals surface area contributed by atoms with Gasteiger partial charge >= 0.3 is 0 Å². The van der Waals surface area contributed by atoms with Crippen LogP contribution in [0.3, 0.4) is 0 Å². The third kappa shape index (κ3) is 2.09. The predicted octanol–water partition coefficient (Wildman–Crippen LogP) is 2.61. The lowest BCUT2D eigenvalue weighted by atomic mass is 10.1. The maximum Gasteiger partial charge on any atom is 0.269 e. The predicted molar refractivity (Wildman–Crippen MR) is 79.7 cm³/mol. The Morgan fingerprint density at radius 3 is 2.42 bits per heavy atom. The van der Waals surface area contributed by atoms with Crippen molar-refractivity contribution in [3.8, 4) is 0 Å². The van der Waals surface area contributed by atoms with Crippen molar-refractivity contribution in [1.29, 1.82) is 0 Å². The lowest BCUT2D eigenvalue weighted by Gasteiger charge is -2.15. The minimum Gasteiger partial charge on any atom is -0.328 e. The van der Waals surface area contributed by atoms with Gasteiger partial charge in [-0.15, -0.1) is 0 Å². The van der Waals surface area contributed by atoms with Crippen molar-refractivity contribution in [2.45, 2.75) is 6.04 Å². The molecule has 0 aliphatic heterocycles. The first-order valence-electron chi connectivity index (χ1n) is 6.17. The van der Waals surface area contributed by atoms with Crippen molar-refractivity contribution in [3.05, 3.63) is 70.5 Å². The highest BCUT2D eigenvalue weighted by Crippen LogP contribution is 2.23. The minimum absolute atomic E-state index is 0.0416. The lowest BCUT2D eigenvalue weighted by molar-refractivity contribution is 0.627. The Hall–Kier alpha value is -1.91. The van der Waals surface area contributed by atoms with Crippen molar-refractivity contribution in [1.82, 2.24) is 3.96 Å². The maximum atomic E-state index is 12.4. The first kappa shape index (κ1) is 12.1. The average Bonchev–Trinajstić information content (AvgIpc) is 2.79. The van der Waals surface area contributed by atoms with E-state index in [0.717, 1.165) is 15.6 Å². The molecule has 0 aliphatic rings. The summed E-state index contributed by atoms with van der Waals surface area (Å²) in [5, 5.41) is 0.766. The first-order chi connectivity index (χ1) is 9.31. The third-order valence-corrected chi connectivity index (χ3v) is 4.37. The van der Waals surface area contributed by atoms with E-state index in [1.54, 1.807) is 3.96 Å². The molecule has 0 saturated carbocycles. The molecule has 1 unspecified atom stereocenters. The normalized spacial score (nSPS) is 12.7. The van der Waals surface area contributed by atoms with Gasteiger partial charge in [0.15, 0.2) is 0 Å². The number of benzene rings is 2. The van der Waals surface area contributed by atoms with Gasteiger partial charge in [-0.05, 0) is 17.7 Å². The molecule has 0 fully saturated rings. The van der Waals surface area contributed by atoms with E-state index in [4.69, 9.17) is 5.73 Å². The van der Waals surface area contributed by atoms with Gasteiger partial charge in [0.05, 0.1) is 16.1 Å². The summed E-state index contributed by atoms with van der Waals surface area (Å²) in [6.45, 7) is 0.413. The molecule has 0 radical (unpaired) electrons. The number of fused-ring (bicyclic) bond motifs is 1. The van der Waals surface area contributed by atoms with Crippen LogP contribution >= 0.6 is 11.5 Å². The van der Waals surface area contributed by atoms with Crippen LogP contribution in [0.5, 0.6) is 0 Å². The van der Waals surface area contributed by atoms with Gasteiger partial charge in [0.1, 0.15) is 0 Å². The number of rotatable bonds is 3. The molecule has 3 nitrogen and oxygen atoms in total. The van der Waals surface area contributed by atoms with E-state index >= 15 is 0 Å². The van der Waals surface area contributed by atoms with Gasteiger partial charge in [-0.2, -0.15) is 0 Å². The number of hydrogen-bond acceptors (Lipinski definition) is 3. The van der Waals surface area contributed by atoms with Crippen molar-refractivity contribution in [3.63, 3.8) is 0 Å². The summed E-state index contributed by atoms with van der Waals surface area (Å²) in [6.07, 6.45) is 0. The van der Waals surface area contributed by atoms with E-state index in [-0.39, 0.29) is 11.6 Å². The van der Waals surface area contributed by atoms with E-state index in [1.165, 1.54) is 11.5 Å². The molecule has 0 bridgehead atoms. The fourth-order valence-corrected chi connectivity index (χ4v) is 3.36. The van der Waals surface area contributed by atoms with Crippen molar-refractivity contribution < 1.29 is 0 Å². The topological polar surface area (TPSA) is 48.0 Å². The van der Waals surface area contributed by atoms with E-state index in [1.807, 2.05) is 54.6 Å². The molecule has 0 amide bonds. The lowest BCUT2D eigenvalue weighted by Crippen LogP contribution is -2.26. The zero-order chi connectivity index (χ0) is 13.2. The zero-order valence-electron chi connectivity index (χ0n) is 10.3. The Bertz CT molecular complexity index is 745. The number of aromatic nitrogens is 1. The van der Waals surface area contributed by atoms with Crippen molar-refractivity contribution in [2.24, 2.45) is 5.73 Å². The quantitative estimate of drug-likeness (QED) is 0.795. The van der Waals surface area contributed by atoms with Crippen LogP contribution in [-0.2, 0) is 0 Å². The second kappa shape index (κ2) is 4.99. The Kier molecular flexibility index (Phi) is 3.19. The highest BCUT2D eigenvalue weighted by atomic mass is 32.1. The van der Waals surface area contributed by atoms with Crippen LogP contribution in [0.25, 0.3) is 10.1 Å². The molecule has 1 heterocycles. The van der Waals surface area contributed by atoms with Crippen LogP contribution in [0.15, 0.2) is 59.4 Å². The summed E-state index contributed by atoms with van der Waals surface area (Å²) >= 11 is 1.48. The second-order valence-corrected chi connectivity index (χ2v) is 5.40. The van der Waals surface area contributed by atoms with Gasteiger partial charge in [-0.3, -0.25) is 8.75 Å². The van der Waals surface area contributed by atoms with Gasteiger partial charge in [0.2, 0.25) is 0 Å². The van der Waals surface area contributed by atoms with Gasteiger partial charge in [-0.1, -0.05) is 54.0 Å². The molecule has 96 valence electrons. The summed E-state index contributed by atoms with van der Waals surface area (Å²) in [4.78, 5) is 12.4. The molecule has 0 saturated heterocycles. The van der Waals surface area contributed by atoms with Crippen LogP contribution in [-0.4, -0.2) is 10.5 Å². The molecule has 1 aromatic heterocycles. The standard InChI is InChI=1S/C15H14N2OS/c16-10-13(11-6-2-1-3-7-11)17-15(18)12-8-4-5-9-14(12)19-17/h1-9,13H,10,16H2. The molecule has 0 spiro atoms. The van der Waals surface area contributed by atoms with Crippen LogP contribution < -0.4 is 11.3 Å². The zero-order valence-corrected chi connectivity index (χ0v) is 11.1. The monoisotopic (exact) mass is 270 g/mol. The van der Waals surface area contributed by atoms with E-state index < -0.39 is 0 Å². The van der Waals surface area contributed by atoms with E-state index in [9.17, 15) is 4.79 Å². The van der Waals surface area contributed by atoms with Crippen LogP contribution in [0.1, 0.15) is 11.6 Å². The smallest absolute Gasteiger partial charge is 0.269 e. The highest BCUT2D eigenvalue weighted by Gasteiger charge is 2.16. The van der Waals surface area contributed by atoms with Crippen LogP contribution in [0.4, 0.5) is 0 Å². The summed E-state index contributed by atoms with van der Waals surface area (Å²) in [6, 6.07) is 17.5. The van der Waals surface area contributed by atoms with Gasteiger partial charge < -0.3 is 5.73 Å². The fourth-order valence-electron chi connectivity index (χ4n) is 2.24. The summed E-state index contributed by atoms with van der Waals surface area (Å²) in [5.41, 5.74) is 6.98. The molecule has 3 rings (SSSR count). The van der Waals surface area contributed by atoms with Crippen LogP contribution in [0.2, 0.25) is 0 Å². The van der Waals surface area contributed by atoms with Gasteiger partial charge in [-0.25, -0.2) is 0 Å². The van der Waals surface area contributed by atoms with E-state index in [0.29, 0.717) is 6.54 Å². The molecular weight excluding hydrogens is 256 g/mol. The minimum atomic E-state index is -0.0916. The Labute approximate surface area is 115 Å². The maximum absolute atomic E-state index is 12.4. The van der Waals surface area contributed by atoms with Crippen molar-refractivity contribution in [2.75, 3.05) is 6.54 Å². The van der Waals surface area contributed by atoms with Gasteiger partial charge in [0.25, 0.3) is 5.56 Å². The fraction of sp³-hybridized carbons (Fsp3) is 0.133. The largest absolute Gasteiger partial charge is 0.328 e. The molecule has 3 aromatic rings. The molecule has 2 N–H and O–H groups in total. The summed E-state index contributed by atoms with van der Waals surface area (Å²) in [5.74, 6) is 0. The highest BCUT2D eigenvalue weighted by molar-refractivity contribution is 7.13. The Balaban J connectivity index is 2.17. The number of nitrogens with zero attached hydrogens (tertiary/aromatic N) is 1. The second-order valence-electron chi connectivity index (χ2n) is 4.38. The van der Waals surface area contributed by atoms with E-state index in [2.05, 4.69) is 0 Å². The molecule has 19 heavy (non-hydrogen) atoms. The molecule has 2 aromatic carbocycles. The molecule has 4 heteroatoms. The molecular formula is C15H14N2OS. The average molecular weight is 270 g/mol. The summed E-state index contributed by atoms with van der Waals surface area (Å²) in [7, 11) is 0. The molecule has 0 aliphatic carbocycles. The van der Waals surface area contributed by atoms with Crippen molar-refractivity contribution >= 4 is 21.6 Å². The first-order valence-corrected chi connectivity index (χ1v) is 6.94. The van der Waals surface area contributed by atoms with Crippen LogP contribution in [0, 0.1) is 0 Å². The summed E-state index contributed by atoms with van der Waals surface area (Å²) < 4.78 is 2.78. The Morgan fingerprint density at radius 1 is 1.05 bits per heavy atom. The number of hydrogen-bond donors (Lipinski definition) is 1. The van der Waals surface area contributed by atoms with Gasteiger partial charge in [0, 0.05) is 6.54 Å². The number of nitrogens with two attached hydrogens (primary N) is 1. The Morgan fingerprint density at radius 2 is 1.74 bits per heavy atom. The molecule has 1 atom stereocenters. The SMILES string of the molecule is NCC(c1ccccc1)n1sc2ccccc2c1=O.